The number of rotatable bonds is 8. The molecule has 0 amide bonds. The molecule has 0 radical (unpaired) electrons. The van der Waals surface area contributed by atoms with Crippen LogP contribution in [0.25, 0.3) is 0 Å². The summed E-state index contributed by atoms with van der Waals surface area (Å²) in [6.45, 7) is 3.90. The Labute approximate surface area is 112 Å². The van der Waals surface area contributed by atoms with E-state index in [1.165, 1.54) is 0 Å². The highest BCUT2D eigenvalue weighted by atomic mass is 16.5. The van der Waals surface area contributed by atoms with E-state index in [9.17, 15) is 9.70 Å². The smallest absolute Gasteiger partial charge is 0.334 e. The number of ether oxygens (including phenoxy) is 2. The van der Waals surface area contributed by atoms with Crippen molar-refractivity contribution in [1.29, 1.82) is 0 Å². The lowest BCUT2D eigenvalue weighted by molar-refractivity contribution is -0.149. The van der Waals surface area contributed by atoms with E-state index in [2.05, 4.69) is 5.18 Å². The van der Waals surface area contributed by atoms with Crippen molar-refractivity contribution >= 4 is 5.97 Å². The highest BCUT2D eigenvalue weighted by molar-refractivity contribution is 5.76. The molecule has 5 nitrogen and oxygen atoms in total. The second kappa shape index (κ2) is 8.24. The van der Waals surface area contributed by atoms with Gasteiger partial charge in [0.05, 0.1) is 12.7 Å². The molecule has 0 heterocycles. The molecule has 5 heteroatoms. The summed E-state index contributed by atoms with van der Waals surface area (Å²) in [7, 11) is 0. The first-order valence-electron chi connectivity index (χ1n) is 6.34. The Morgan fingerprint density at radius 3 is 2.53 bits per heavy atom. The molecular formula is C14H19NO4. The number of benzene rings is 1. The molecule has 0 fully saturated rings. The average Bonchev–Trinajstić information content (AvgIpc) is 2.39. The van der Waals surface area contributed by atoms with Crippen LogP contribution in [0.4, 0.5) is 0 Å². The predicted molar refractivity (Wildman–Crippen MR) is 72.0 cm³/mol. The van der Waals surface area contributed by atoms with Gasteiger partial charge in [0.15, 0.2) is 6.04 Å². The average molecular weight is 265 g/mol. The number of para-hydroxylation sites is 1. The Morgan fingerprint density at radius 1 is 1.26 bits per heavy atom. The van der Waals surface area contributed by atoms with E-state index < -0.39 is 12.0 Å². The third-order valence-corrected chi connectivity index (χ3v) is 2.39. The molecule has 1 rings (SSSR count). The molecule has 0 spiro atoms. The van der Waals surface area contributed by atoms with E-state index in [0.29, 0.717) is 19.4 Å². The summed E-state index contributed by atoms with van der Waals surface area (Å²) in [4.78, 5) is 22.1. The van der Waals surface area contributed by atoms with Gasteiger partial charge in [-0.15, -0.1) is 4.91 Å². The van der Waals surface area contributed by atoms with Crippen molar-refractivity contribution < 1.29 is 14.3 Å². The van der Waals surface area contributed by atoms with E-state index in [-0.39, 0.29) is 6.10 Å². The zero-order valence-electron chi connectivity index (χ0n) is 11.2. The Kier molecular flexibility index (Phi) is 6.57. The predicted octanol–water partition coefficient (Wildman–Crippen LogP) is 2.93. The van der Waals surface area contributed by atoms with Crippen molar-refractivity contribution in [2.75, 3.05) is 6.61 Å². The quantitative estimate of drug-likeness (QED) is 0.412. The van der Waals surface area contributed by atoms with E-state index in [1.54, 1.807) is 13.8 Å². The minimum absolute atomic E-state index is 0.239. The number of hydrogen-bond donors (Lipinski definition) is 0. The lowest BCUT2D eigenvalue weighted by atomic mass is 10.2. The van der Waals surface area contributed by atoms with Gasteiger partial charge < -0.3 is 9.47 Å². The van der Waals surface area contributed by atoms with Gasteiger partial charge in [0.1, 0.15) is 5.75 Å². The molecule has 1 atom stereocenters. The number of carbonyl (C=O) groups is 1. The van der Waals surface area contributed by atoms with Gasteiger partial charge in [-0.25, -0.2) is 4.79 Å². The Hall–Kier alpha value is -1.91. The minimum atomic E-state index is -0.943. The van der Waals surface area contributed by atoms with Crippen LogP contribution in [0.5, 0.6) is 5.75 Å². The van der Waals surface area contributed by atoms with Crippen LogP contribution in [-0.4, -0.2) is 24.7 Å². The van der Waals surface area contributed by atoms with Gasteiger partial charge in [-0.05, 0) is 38.8 Å². The van der Waals surface area contributed by atoms with Gasteiger partial charge in [0, 0.05) is 0 Å². The standard InChI is InChI=1S/C14H19NO4/c1-11(2)19-14(16)13(15-17)9-6-10-18-12-7-4-3-5-8-12/h3-5,7-8,11,13H,6,9-10H2,1-2H3. The molecule has 0 aliphatic rings. The van der Waals surface area contributed by atoms with Crippen LogP contribution in [-0.2, 0) is 9.53 Å². The van der Waals surface area contributed by atoms with Crippen LogP contribution >= 0.6 is 0 Å². The highest BCUT2D eigenvalue weighted by Gasteiger charge is 2.21. The van der Waals surface area contributed by atoms with Crippen LogP contribution in [0.3, 0.4) is 0 Å². The topological polar surface area (TPSA) is 65.0 Å². The lowest BCUT2D eigenvalue weighted by Gasteiger charge is -2.12. The van der Waals surface area contributed by atoms with Gasteiger partial charge in [-0.3, -0.25) is 0 Å². The van der Waals surface area contributed by atoms with Gasteiger partial charge in [0.25, 0.3) is 0 Å². The molecule has 0 aromatic heterocycles. The second-order valence-corrected chi connectivity index (χ2v) is 4.41. The largest absolute Gasteiger partial charge is 0.494 e. The fourth-order valence-electron chi connectivity index (χ4n) is 1.51. The summed E-state index contributed by atoms with van der Waals surface area (Å²) in [6.07, 6.45) is 0.665. The monoisotopic (exact) mass is 265 g/mol. The zero-order valence-corrected chi connectivity index (χ0v) is 11.2. The van der Waals surface area contributed by atoms with Crippen molar-refractivity contribution in [2.24, 2.45) is 5.18 Å². The minimum Gasteiger partial charge on any atom is -0.494 e. The van der Waals surface area contributed by atoms with Gasteiger partial charge in [0.2, 0.25) is 0 Å². The number of carbonyl (C=O) groups excluding carboxylic acids is 1. The molecule has 0 saturated heterocycles. The van der Waals surface area contributed by atoms with Gasteiger partial charge in [-0.2, -0.15) is 0 Å². The van der Waals surface area contributed by atoms with Crippen molar-refractivity contribution in [3.8, 4) is 5.75 Å². The normalized spacial score (nSPS) is 11.9. The van der Waals surface area contributed by atoms with E-state index in [1.807, 2.05) is 30.3 Å². The maximum atomic E-state index is 11.5. The summed E-state index contributed by atoms with van der Waals surface area (Å²) in [5.74, 6) is 0.201. The molecule has 0 bridgehead atoms. The number of esters is 1. The first kappa shape index (κ1) is 15.1. The molecule has 1 unspecified atom stereocenters. The van der Waals surface area contributed by atoms with Crippen molar-refractivity contribution in [2.45, 2.75) is 38.8 Å². The van der Waals surface area contributed by atoms with Crippen LogP contribution in [0.15, 0.2) is 35.5 Å². The zero-order chi connectivity index (χ0) is 14.1. The van der Waals surface area contributed by atoms with Gasteiger partial charge >= 0.3 is 5.97 Å². The molecule has 0 aliphatic heterocycles. The first-order valence-corrected chi connectivity index (χ1v) is 6.34. The fraction of sp³-hybridized carbons (Fsp3) is 0.500. The SMILES string of the molecule is CC(C)OC(=O)C(CCCOc1ccccc1)N=O. The summed E-state index contributed by atoms with van der Waals surface area (Å²) < 4.78 is 10.4. The maximum Gasteiger partial charge on any atom is 0.334 e. The molecule has 1 aromatic rings. The highest BCUT2D eigenvalue weighted by Crippen LogP contribution is 2.11. The van der Waals surface area contributed by atoms with E-state index in [0.717, 1.165) is 5.75 Å². The molecule has 19 heavy (non-hydrogen) atoms. The summed E-state index contributed by atoms with van der Waals surface area (Å²) in [6, 6.07) is 8.42. The fourth-order valence-corrected chi connectivity index (χ4v) is 1.51. The summed E-state index contributed by atoms with van der Waals surface area (Å²) in [5.41, 5.74) is 0. The Morgan fingerprint density at radius 2 is 1.95 bits per heavy atom. The van der Waals surface area contributed by atoms with Crippen molar-refractivity contribution in [3.63, 3.8) is 0 Å². The lowest BCUT2D eigenvalue weighted by Crippen LogP contribution is -2.24. The van der Waals surface area contributed by atoms with E-state index in [4.69, 9.17) is 9.47 Å². The van der Waals surface area contributed by atoms with E-state index >= 15 is 0 Å². The molecule has 0 aliphatic carbocycles. The molecule has 104 valence electrons. The first-order chi connectivity index (χ1) is 9.13. The number of hydrogen-bond acceptors (Lipinski definition) is 5. The third kappa shape index (κ3) is 5.99. The summed E-state index contributed by atoms with van der Waals surface area (Å²) >= 11 is 0. The van der Waals surface area contributed by atoms with Crippen LogP contribution in [0.1, 0.15) is 26.7 Å². The molecule has 1 aromatic carbocycles. The van der Waals surface area contributed by atoms with Crippen LogP contribution in [0, 0.1) is 4.91 Å². The Bertz CT molecular complexity index is 392. The van der Waals surface area contributed by atoms with Crippen molar-refractivity contribution in [3.05, 3.63) is 35.2 Å². The Balaban J connectivity index is 2.26. The molecule has 0 saturated carbocycles. The van der Waals surface area contributed by atoms with Gasteiger partial charge in [-0.1, -0.05) is 23.4 Å². The number of nitroso groups, excluding NO2 is 1. The second-order valence-electron chi connectivity index (χ2n) is 4.41. The molecular weight excluding hydrogens is 246 g/mol. The van der Waals surface area contributed by atoms with Crippen molar-refractivity contribution in [1.82, 2.24) is 0 Å². The number of nitrogens with zero attached hydrogens (tertiary/aromatic N) is 1. The maximum absolute atomic E-state index is 11.5. The van der Waals surface area contributed by atoms with Crippen LogP contribution in [0.2, 0.25) is 0 Å². The molecule has 0 N–H and O–H groups in total. The summed E-state index contributed by atoms with van der Waals surface area (Å²) in [5, 5.41) is 2.81. The third-order valence-electron chi connectivity index (χ3n) is 2.39. The van der Waals surface area contributed by atoms with Crippen LogP contribution < -0.4 is 4.74 Å².